The number of nitrogens with zero attached hydrogens (tertiary/aromatic N) is 4. The van der Waals surface area contributed by atoms with Gasteiger partial charge >= 0.3 is 0 Å². The molecule has 4 rings (SSSR count). The molecule has 1 saturated heterocycles. The van der Waals surface area contributed by atoms with Crippen LogP contribution in [0.2, 0.25) is 0 Å². The molecule has 1 amide bonds. The van der Waals surface area contributed by atoms with Gasteiger partial charge in [-0.25, -0.2) is 0 Å². The van der Waals surface area contributed by atoms with E-state index < -0.39 is 0 Å². The van der Waals surface area contributed by atoms with E-state index in [1.165, 1.54) is 6.26 Å². The fourth-order valence-corrected chi connectivity index (χ4v) is 2.96. The average Bonchev–Trinajstić information content (AvgIpc) is 3.07. The molecule has 2 aliphatic rings. The van der Waals surface area contributed by atoms with Crippen LogP contribution in [0.15, 0.2) is 21.4 Å². The SMILES string of the molecule is O=C(C1CC1)N1CCCC(c2nc(Cc3ccon3)no2)C1. The van der Waals surface area contributed by atoms with Crippen molar-refractivity contribution in [3.05, 3.63) is 29.7 Å². The van der Waals surface area contributed by atoms with E-state index in [0.717, 1.165) is 37.9 Å². The Bertz CT molecular complexity index is 648. The van der Waals surface area contributed by atoms with Gasteiger partial charge in [0.15, 0.2) is 5.82 Å². The van der Waals surface area contributed by atoms with Gasteiger partial charge in [-0.05, 0) is 25.7 Å². The number of likely N-dealkylation sites (tertiary alicyclic amines) is 1. The molecule has 1 atom stereocenters. The summed E-state index contributed by atoms with van der Waals surface area (Å²) in [5, 5.41) is 7.86. The summed E-state index contributed by atoms with van der Waals surface area (Å²) in [6, 6.07) is 1.78. The highest BCUT2D eigenvalue weighted by molar-refractivity contribution is 5.81. The highest BCUT2D eigenvalue weighted by Crippen LogP contribution is 2.34. The van der Waals surface area contributed by atoms with Gasteiger partial charge in [-0.15, -0.1) is 0 Å². The number of piperidine rings is 1. The van der Waals surface area contributed by atoms with E-state index in [4.69, 9.17) is 9.05 Å². The number of carbonyl (C=O) groups excluding carboxylic acids is 1. The second kappa shape index (κ2) is 5.55. The van der Waals surface area contributed by atoms with E-state index in [1.807, 2.05) is 4.90 Å². The maximum Gasteiger partial charge on any atom is 0.231 e. The average molecular weight is 302 g/mol. The fourth-order valence-electron chi connectivity index (χ4n) is 2.96. The topological polar surface area (TPSA) is 85.3 Å². The third kappa shape index (κ3) is 2.75. The third-order valence-electron chi connectivity index (χ3n) is 4.32. The lowest BCUT2D eigenvalue weighted by atomic mass is 9.97. The van der Waals surface area contributed by atoms with Crippen LogP contribution in [0.4, 0.5) is 0 Å². The van der Waals surface area contributed by atoms with Crippen LogP contribution in [-0.2, 0) is 11.2 Å². The first kappa shape index (κ1) is 13.5. The number of hydrogen-bond acceptors (Lipinski definition) is 6. The zero-order valence-corrected chi connectivity index (χ0v) is 12.3. The van der Waals surface area contributed by atoms with Gasteiger partial charge < -0.3 is 13.9 Å². The molecule has 2 aromatic heterocycles. The maximum absolute atomic E-state index is 12.2. The predicted octanol–water partition coefficient (Wildman–Crippen LogP) is 1.76. The standard InChI is InChI=1S/C15H18N4O3/c20-15(10-3-4-10)19-6-1-2-11(9-19)14-16-13(18-22-14)8-12-5-7-21-17-12/h5,7,10-11H,1-4,6,8-9H2. The fraction of sp³-hybridized carbons (Fsp3) is 0.600. The summed E-state index contributed by atoms with van der Waals surface area (Å²) in [5.74, 6) is 1.95. The highest BCUT2D eigenvalue weighted by Gasteiger charge is 2.36. The van der Waals surface area contributed by atoms with Gasteiger partial charge in [-0.3, -0.25) is 4.79 Å². The summed E-state index contributed by atoms with van der Waals surface area (Å²) in [6.07, 6.45) is 6.09. The van der Waals surface area contributed by atoms with Crippen molar-refractivity contribution in [2.45, 2.75) is 38.0 Å². The lowest BCUT2D eigenvalue weighted by molar-refractivity contribution is -0.133. The molecular formula is C15H18N4O3. The molecule has 2 fully saturated rings. The van der Waals surface area contributed by atoms with Crippen LogP contribution in [0.3, 0.4) is 0 Å². The molecule has 0 spiro atoms. The van der Waals surface area contributed by atoms with Gasteiger partial charge in [0.1, 0.15) is 6.26 Å². The molecule has 3 heterocycles. The smallest absolute Gasteiger partial charge is 0.231 e. The Morgan fingerprint density at radius 3 is 3.00 bits per heavy atom. The van der Waals surface area contributed by atoms with E-state index in [1.54, 1.807) is 6.07 Å². The Kier molecular flexibility index (Phi) is 3.40. The summed E-state index contributed by atoms with van der Waals surface area (Å²) in [5.41, 5.74) is 0.779. The van der Waals surface area contributed by atoms with Crippen molar-refractivity contribution in [1.29, 1.82) is 0 Å². The Balaban J connectivity index is 1.42. The first-order chi connectivity index (χ1) is 10.8. The second-order valence-corrected chi connectivity index (χ2v) is 6.11. The van der Waals surface area contributed by atoms with Crippen LogP contribution in [0.25, 0.3) is 0 Å². The summed E-state index contributed by atoms with van der Waals surface area (Å²) >= 11 is 0. The molecule has 1 aliphatic heterocycles. The molecule has 7 nitrogen and oxygen atoms in total. The molecule has 0 N–H and O–H groups in total. The second-order valence-electron chi connectivity index (χ2n) is 6.11. The maximum atomic E-state index is 12.2. The van der Waals surface area contributed by atoms with E-state index in [9.17, 15) is 4.79 Å². The predicted molar refractivity (Wildman–Crippen MR) is 74.9 cm³/mol. The molecular weight excluding hydrogens is 284 g/mol. The van der Waals surface area contributed by atoms with Gasteiger partial charge in [0.2, 0.25) is 11.8 Å². The summed E-state index contributed by atoms with van der Waals surface area (Å²) in [6.45, 7) is 1.55. The number of hydrogen-bond donors (Lipinski definition) is 0. The van der Waals surface area contributed by atoms with Crippen LogP contribution in [0.1, 0.15) is 49.0 Å². The molecule has 0 radical (unpaired) electrons. The first-order valence-electron chi connectivity index (χ1n) is 7.80. The number of carbonyl (C=O) groups is 1. The van der Waals surface area contributed by atoms with Crippen molar-refractivity contribution in [2.24, 2.45) is 5.92 Å². The van der Waals surface area contributed by atoms with Crippen LogP contribution in [0.5, 0.6) is 0 Å². The van der Waals surface area contributed by atoms with E-state index >= 15 is 0 Å². The Hall–Kier alpha value is -2.18. The zero-order chi connectivity index (χ0) is 14.9. The quantitative estimate of drug-likeness (QED) is 0.855. The van der Waals surface area contributed by atoms with Gasteiger partial charge in [0.05, 0.1) is 18.0 Å². The summed E-state index contributed by atoms with van der Waals surface area (Å²) in [4.78, 5) is 18.6. The minimum absolute atomic E-state index is 0.148. The van der Waals surface area contributed by atoms with Crippen molar-refractivity contribution in [3.63, 3.8) is 0 Å². The van der Waals surface area contributed by atoms with E-state index in [2.05, 4.69) is 15.3 Å². The molecule has 0 bridgehead atoms. The monoisotopic (exact) mass is 302 g/mol. The molecule has 22 heavy (non-hydrogen) atoms. The van der Waals surface area contributed by atoms with Crippen molar-refractivity contribution < 1.29 is 13.8 Å². The largest absolute Gasteiger partial charge is 0.364 e. The molecule has 1 unspecified atom stereocenters. The van der Waals surface area contributed by atoms with Gasteiger partial charge in [-0.2, -0.15) is 4.98 Å². The summed E-state index contributed by atoms with van der Waals surface area (Å²) < 4.78 is 10.2. The number of aromatic nitrogens is 3. The molecule has 1 saturated carbocycles. The van der Waals surface area contributed by atoms with Gasteiger partial charge in [0.25, 0.3) is 0 Å². The normalized spacial score (nSPS) is 22.0. The third-order valence-corrected chi connectivity index (χ3v) is 4.32. The molecule has 116 valence electrons. The number of rotatable bonds is 4. The van der Waals surface area contributed by atoms with Crippen molar-refractivity contribution in [3.8, 4) is 0 Å². The Labute approximate surface area is 127 Å². The Morgan fingerprint density at radius 1 is 1.32 bits per heavy atom. The summed E-state index contributed by atoms with van der Waals surface area (Å²) in [7, 11) is 0. The van der Waals surface area contributed by atoms with Crippen LogP contribution < -0.4 is 0 Å². The highest BCUT2D eigenvalue weighted by atomic mass is 16.5. The van der Waals surface area contributed by atoms with E-state index in [0.29, 0.717) is 30.6 Å². The van der Waals surface area contributed by atoms with Gasteiger partial charge in [-0.1, -0.05) is 10.3 Å². The minimum Gasteiger partial charge on any atom is -0.364 e. The minimum atomic E-state index is 0.148. The Morgan fingerprint density at radius 2 is 2.23 bits per heavy atom. The molecule has 7 heteroatoms. The van der Waals surface area contributed by atoms with Crippen molar-refractivity contribution >= 4 is 5.91 Å². The van der Waals surface area contributed by atoms with Crippen LogP contribution in [-0.4, -0.2) is 39.2 Å². The lowest BCUT2D eigenvalue weighted by Crippen LogP contribution is -2.40. The first-order valence-corrected chi connectivity index (χ1v) is 7.80. The van der Waals surface area contributed by atoms with Gasteiger partial charge in [0, 0.05) is 25.1 Å². The lowest BCUT2D eigenvalue weighted by Gasteiger charge is -2.31. The molecule has 1 aliphatic carbocycles. The number of amides is 1. The zero-order valence-electron chi connectivity index (χ0n) is 12.3. The molecule has 2 aromatic rings. The van der Waals surface area contributed by atoms with E-state index in [-0.39, 0.29) is 11.8 Å². The van der Waals surface area contributed by atoms with Crippen LogP contribution in [0, 0.1) is 5.92 Å². The van der Waals surface area contributed by atoms with Crippen LogP contribution >= 0.6 is 0 Å². The van der Waals surface area contributed by atoms with Crippen molar-refractivity contribution in [1.82, 2.24) is 20.2 Å². The molecule has 0 aromatic carbocycles. The van der Waals surface area contributed by atoms with Crippen molar-refractivity contribution in [2.75, 3.05) is 13.1 Å².